The molecule has 40 valence electrons. The van der Waals surface area contributed by atoms with Crippen molar-refractivity contribution in [1.29, 1.82) is 0 Å². The summed E-state index contributed by atoms with van der Waals surface area (Å²) in [5, 5.41) is 0. The fourth-order valence-corrected chi connectivity index (χ4v) is 0. The Kier molecular flexibility index (Phi) is 1140. The minimum atomic E-state index is 0. The van der Waals surface area contributed by atoms with Crippen LogP contribution in [0.5, 0.6) is 0 Å². The van der Waals surface area contributed by atoms with Crippen molar-refractivity contribution >= 4 is 102 Å². The van der Waals surface area contributed by atoms with Gasteiger partial charge in [0, 0.05) is 0 Å². The Labute approximate surface area is 139 Å². The number of hydrogen-bond acceptors (Lipinski definition) is 0. The Hall–Kier alpha value is 4.06. The van der Waals surface area contributed by atoms with Crippen molar-refractivity contribution in [2.45, 2.75) is 0 Å². The molecule has 0 aromatic heterocycles. The Bertz CT molecular complexity index is 12.9. The van der Waals surface area contributed by atoms with Gasteiger partial charge in [-0.3, -0.25) is 0 Å². The van der Waals surface area contributed by atoms with E-state index in [-0.39, 0.29) is 141 Å². The Morgan fingerprint density at radius 1 is 0.333 bits per heavy atom. The van der Waals surface area contributed by atoms with Crippen molar-refractivity contribution in [3.8, 4) is 0 Å². The first kappa shape index (κ1) is 115. The molecule has 0 nitrogen and oxygen atoms in total. The first-order chi connectivity index (χ1) is 0. The fourth-order valence-electron chi connectivity index (χ4n) is 0. The first-order valence-corrected chi connectivity index (χ1v) is 0. The largest absolute Gasteiger partial charge is 3.00 e. The summed E-state index contributed by atoms with van der Waals surface area (Å²) in [4.78, 5) is 0. The van der Waals surface area contributed by atoms with E-state index in [4.69, 9.17) is 0 Å². The zero-order valence-corrected chi connectivity index (χ0v) is 16.9. The van der Waals surface area contributed by atoms with Gasteiger partial charge in [-0.2, -0.15) is 0 Å². The van der Waals surface area contributed by atoms with E-state index in [0.29, 0.717) is 0 Å². The van der Waals surface area contributed by atoms with E-state index >= 15 is 0 Å². The van der Waals surface area contributed by atoms with Crippen LogP contribution in [0.25, 0.3) is 0 Å². The van der Waals surface area contributed by atoms with Gasteiger partial charge < -0.3 is 67.5 Å². The van der Waals surface area contributed by atoms with Gasteiger partial charge in [-0.25, -0.2) is 0 Å². The van der Waals surface area contributed by atoms with E-state index in [2.05, 4.69) is 0 Å². The Morgan fingerprint density at radius 2 is 0.333 bits per heavy atom. The molecule has 0 heterocycles. The molecule has 0 atom stereocenters. The van der Waals surface area contributed by atoms with Gasteiger partial charge in [0.05, 0.1) is 0 Å². The van der Waals surface area contributed by atoms with Crippen LogP contribution in [-0.2, 0) is 106 Å². The quantitative estimate of drug-likeness (QED) is 0.506. The van der Waals surface area contributed by atoms with Gasteiger partial charge in [0.2, 0.25) is 0 Å². The maximum atomic E-state index is 0. The molecule has 0 saturated heterocycles. The van der Waals surface area contributed by atoms with Crippen LogP contribution in [-0.4, -0.2) is 34.7 Å². The second-order valence-electron chi connectivity index (χ2n) is 0. The molecule has 0 unspecified atom stereocenters. The molecule has 0 spiro atoms. The van der Waals surface area contributed by atoms with Gasteiger partial charge in [-0.05, 0) is 0 Å². The van der Waals surface area contributed by atoms with E-state index in [9.17, 15) is 0 Å². The third-order valence-electron chi connectivity index (χ3n) is 0. The SMILES string of the molecule is [Al+3].[Al+3].[S-2].[S-2].[S-2].[S-2].[S-2].[Zn+2].[Zn+2]. The third-order valence-corrected chi connectivity index (χ3v) is 0. The molecule has 0 saturated carbocycles. The van der Waals surface area contributed by atoms with Crippen LogP contribution in [0.2, 0.25) is 0 Å². The van der Waals surface area contributed by atoms with Crippen LogP contribution in [0.4, 0.5) is 0 Å². The number of rotatable bonds is 0. The van der Waals surface area contributed by atoms with Gasteiger partial charge in [0.25, 0.3) is 0 Å². The summed E-state index contributed by atoms with van der Waals surface area (Å²) < 4.78 is 0. The maximum absolute atomic E-state index is 0. The molecule has 0 aromatic rings. The van der Waals surface area contributed by atoms with Crippen LogP contribution in [0.3, 0.4) is 0 Å². The smallest absolute Gasteiger partial charge is 2.00 e. The van der Waals surface area contributed by atoms with Crippen molar-refractivity contribution in [2.24, 2.45) is 0 Å². The van der Waals surface area contributed by atoms with Gasteiger partial charge in [0.15, 0.2) is 0 Å². The monoisotopic (exact) mass is 342 g/mol. The molecule has 9 heteroatoms. The second kappa shape index (κ2) is 89.5. The molecule has 0 aromatic carbocycles. The van der Waals surface area contributed by atoms with Gasteiger partial charge in [-0.15, -0.1) is 0 Å². The van der Waals surface area contributed by atoms with Crippen LogP contribution < -0.4 is 0 Å². The van der Waals surface area contributed by atoms with Crippen molar-refractivity contribution in [3.63, 3.8) is 0 Å². The van der Waals surface area contributed by atoms with Gasteiger partial charge in [-0.1, -0.05) is 0 Å². The molecule has 0 aliphatic carbocycles. The van der Waals surface area contributed by atoms with Crippen LogP contribution in [0, 0.1) is 0 Å². The summed E-state index contributed by atoms with van der Waals surface area (Å²) in [5.74, 6) is 0. The minimum absolute atomic E-state index is 0. The molecule has 0 N–H and O–H groups in total. The molecular formula is Al2S5Zn2. The zero-order valence-electron chi connectivity index (χ0n) is 4.61. The molecule has 0 amide bonds. The summed E-state index contributed by atoms with van der Waals surface area (Å²) in [6, 6.07) is 0. The van der Waals surface area contributed by atoms with E-state index in [1.54, 1.807) is 0 Å². The Morgan fingerprint density at radius 3 is 0.333 bits per heavy atom. The van der Waals surface area contributed by atoms with Crippen molar-refractivity contribution in [2.75, 3.05) is 0 Å². The minimum Gasteiger partial charge on any atom is -2.00 e. The topological polar surface area (TPSA) is 0 Å². The van der Waals surface area contributed by atoms with E-state index in [1.807, 2.05) is 0 Å². The number of hydrogen-bond donors (Lipinski definition) is 0. The van der Waals surface area contributed by atoms with E-state index in [1.165, 1.54) is 0 Å². The summed E-state index contributed by atoms with van der Waals surface area (Å²) in [6.07, 6.45) is 0. The molecule has 9 heavy (non-hydrogen) atoms. The van der Waals surface area contributed by atoms with Crippen molar-refractivity contribution in [3.05, 3.63) is 0 Å². The Balaban J connectivity index is 0. The van der Waals surface area contributed by atoms with E-state index in [0.717, 1.165) is 0 Å². The second-order valence-corrected chi connectivity index (χ2v) is 0. The third kappa shape index (κ3) is 74.0. The molecule has 0 rings (SSSR count). The summed E-state index contributed by atoms with van der Waals surface area (Å²) >= 11 is 0. The molecule has 0 fully saturated rings. The molecule has 0 bridgehead atoms. The van der Waals surface area contributed by atoms with Gasteiger partial charge >= 0.3 is 73.7 Å². The summed E-state index contributed by atoms with van der Waals surface area (Å²) in [6.45, 7) is 0. The predicted molar refractivity (Wildman–Crippen MR) is 48.3 cm³/mol. The average Bonchev–Trinajstić information content (AvgIpc) is 0. The van der Waals surface area contributed by atoms with Crippen LogP contribution in [0.1, 0.15) is 0 Å². The van der Waals surface area contributed by atoms with Crippen LogP contribution >= 0.6 is 0 Å². The normalized spacial score (nSPS) is 0. The van der Waals surface area contributed by atoms with Gasteiger partial charge in [0.1, 0.15) is 0 Å². The molecule has 0 radical (unpaired) electrons. The maximum Gasteiger partial charge on any atom is 3.00 e. The van der Waals surface area contributed by atoms with E-state index < -0.39 is 0 Å². The average molecular weight is 345 g/mol. The first-order valence-electron chi connectivity index (χ1n) is 0. The predicted octanol–water partition coefficient (Wildman–Crippen LogP) is -0.779. The van der Waals surface area contributed by atoms with Crippen molar-refractivity contribution < 1.29 is 39.0 Å². The molecule has 0 aliphatic heterocycles. The molecule has 0 aliphatic rings. The van der Waals surface area contributed by atoms with Crippen molar-refractivity contribution in [1.82, 2.24) is 0 Å². The molecular weight excluding hydrogens is 345 g/mol. The standard InChI is InChI=1S/2Al.5S.2Zn/q2*+3;5*-2;2*+2. The summed E-state index contributed by atoms with van der Waals surface area (Å²) in [7, 11) is 0. The van der Waals surface area contributed by atoms with Crippen LogP contribution in [0.15, 0.2) is 0 Å². The zero-order chi connectivity index (χ0) is 0. The summed E-state index contributed by atoms with van der Waals surface area (Å²) in [5.41, 5.74) is 0. The fraction of sp³-hybridized carbons (Fsp3) is 0.